The molecule has 0 bridgehead atoms. The van der Waals surface area contributed by atoms with E-state index in [0.717, 1.165) is 10.00 Å². The van der Waals surface area contributed by atoms with Gasteiger partial charge in [0, 0.05) is 21.6 Å². The Kier molecular flexibility index (Phi) is 7.45. The average molecular weight is 582 g/mol. The normalized spacial score (nSPS) is 12.1. The summed E-state index contributed by atoms with van der Waals surface area (Å²) in [5.41, 5.74) is 0.701. The summed E-state index contributed by atoms with van der Waals surface area (Å²) in [5.74, 6) is -0.191. The van der Waals surface area contributed by atoms with Crippen LogP contribution in [0.2, 0.25) is 15.1 Å². The lowest BCUT2D eigenvalue weighted by molar-refractivity contribution is -0.152. The number of nitrogens with zero attached hydrogens (tertiary/aromatic N) is 4. The average Bonchev–Trinajstić information content (AvgIpc) is 3.18. The molecule has 0 fully saturated rings. The molecule has 0 aliphatic rings. The molecule has 0 aliphatic carbocycles. The van der Waals surface area contributed by atoms with Crippen molar-refractivity contribution >= 4 is 67.4 Å². The van der Waals surface area contributed by atoms with Crippen molar-refractivity contribution in [2.24, 2.45) is 0 Å². The van der Waals surface area contributed by atoms with Crippen LogP contribution in [0.25, 0.3) is 16.7 Å². The molecule has 0 unspecified atom stereocenters. The second kappa shape index (κ2) is 10.1. The predicted octanol–water partition coefficient (Wildman–Crippen LogP) is 6.23. The first-order chi connectivity index (χ1) is 17.2. The Hall–Kier alpha value is -2.85. The fourth-order valence-electron chi connectivity index (χ4n) is 3.65. The van der Waals surface area contributed by atoms with E-state index in [0.29, 0.717) is 16.7 Å². The third kappa shape index (κ3) is 6.01. The van der Waals surface area contributed by atoms with E-state index in [9.17, 15) is 13.2 Å². The Morgan fingerprint density at radius 1 is 1.00 bits per heavy atom. The van der Waals surface area contributed by atoms with Gasteiger partial charge < -0.3 is 4.74 Å². The number of hydrogen-bond donors (Lipinski definition) is 0. The number of aryl methyl sites for hydroxylation is 1. The number of halogens is 3. The van der Waals surface area contributed by atoms with Crippen LogP contribution in [0.4, 0.5) is 5.69 Å². The van der Waals surface area contributed by atoms with Gasteiger partial charge >= 0.3 is 5.97 Å². The quantitative estimate of drug-likeness (QED) is 0.251. The molecule has 194 valence electrons. The highest BCUT2D eigenvalue weighted by atomic mass is 35.5. The monoisotopic (exact) mass is 580 g/mol. The largest absolute Gasteiger partial charge is 0.459 e. The van der Waals surface area contributed by atoms with Crippen LogP contribution in [-0.2, 0) is 19.6 Å². The molecule has 2 aromatic heterocycles. The number of sulfonamides is 1. The summed E-state index contributed by atoms with van der Waals surface area (Å²) in [6.07, 6.45) is 1.77. The lowest BCUT2D eigenvalue weighted by atomic mass is 10.2. The molecule has 0 aliphatic heterocycles. The first-order valence-corrected chi connectivity index (χ1v) is 13.6. The molecule has 0 radical (unpaired) electrons. The maximum absolute atomic E-state index is 13.8. The van der Waals surface area contributed by atoms with E-state index < -0.39 is 28.1 Å². The van der Waals surface area contributed by atoms with E-state index in [1.165, 1.54) is 18.2 Å². The molecule has 2 aromatic carbocycles. The number of carbonyl (C=O) groups excluding carboxylic acids is 1. The molecule has 0 atom stereocenters. The van der Waals surface area contributed by atoms with Crippen molar-refractivity contribution in [3.63, 3.8) is 0 Å². The van der Waals surface area contributed by atoms with E-state index >= 15 is 0 Å². The van der Waals surface area contributed by atoms with Crippen LogP contribution in [0.5, 0.6) is 0 Å². The fraction of sp³-hybridized carbons (Fsp3) is 0.240. The third-order valence-corrected chi connectivity index (χ3v) is 7.65. The Morgan fingerprint density at radius 3 is 2.27 bits per heavy atom. The Morgan fingerprint density at radius 2 is 1.68 bits per heavy atom. The summed E-state index contributed by atoms with van der Waals surface area (Å²) in [4.78, 5) is 12.6. The smallest absolute Gasteiger partial charge is 0.327 e. The van der Waals surface area contributed by atoms with Crippen LogP contribution in [0.15, 0.2) is 59.6 Å². The third-order valence-electron chi connectivity index (χ3n) is 5.17. The highest BCUT2D eigenvalue weighted by Crippen LogP contribution is 2.36. The number of fused-ring (bicyclic) bond motifs is 1. The summed E-state index contributed by atoms with van der Waals surface area (Å²) in [5, 5.41) is 9.30. The van der Waals surface area contributed by atoms with E-state index in [1.807, 2.05) is 19.1 Å². The maximum Gasteiger partial charge on any atom is 0.327 e. The molecular weight excluding hydrogens is 559 g/mol. The molecule has 0 spiro atoms. The number of benzene rings is 2. The van der Waals surface area contributed by atoms with Gasteiger partial charge in [0.15, 0.2) is 5.82 Å². The zero-order chi connectivity index (χ0) is 27.1. The van der Waals surface area contributed by atoms with E-state index in [2.05, 4.69) is 10.2 Å². The Labute approximate surface area is 229 Å². The highest BCUT2D eigenvalue weighted by Gasteiger charge is 2.32. The van der Waals surface area contributed by atoms with Crippen LogP contribution in [0.3, 0.4) is 0 Å². The summed E-state index contributed by atoms with van der Waals surface area (Å²) in [6, 6.07) is 12.5. The van der Waals surface area contributed by atoms with Crippen molar-refractivity contribution in [3.8, 4) is 5.82 Å². The van der Waals surface area contributed by atoms with E-state index in [4.69, 9.17) is 39.5 Å². The molecule has 4 aromatic rings. The van der Waals surface area contributed by atoms with Gasteiger partial charge in [-0.3, -0.25) is 13.7 Å². The van der Waals surface area contributed by atoms with Crippen molar-refractivity contribution in [2.75, 3.05) is 10.8 Å². The van der Waals surface area contributed by atoms with Gasteiger partial charge in [0.05, 0.1) is 26.8 Å². The van der Waals surface area contributed by atoms with Gasteiger partial charge in [0.25, 0.3) is 10.0 Å². The zero-order valence-electron chi connectivity index (χ0n) is 20.4. The van der Waals surface area contributed by atoms with Crippen molar-refractivity contribution < 1.29 is 17.9 Å². The molecule has 4 rings (SSSR count). The molecule has 2 heterocycles. The SMILES string of the molecule is Cc1ccc(-n2ccc3cc(N(CC(=O)OC(C)(C)C)S(=O)(=O)c4cc(Cl)cc(Cl)c4)c(Cl)cc32)nn1. The first-order valence-electron chi connectivity index (χ1n) is 11.1. The minimum atomic E-state index is -4.34. The number of esters is 1. The summed E-state index contributed by atoms with van der Waals surface area (Å²) >= 11 is 18.8. The topological polar surface area (TPSA) is 94.4 Å². The number of aromatic nitrogens is 3. The minimum Gasteiger partial charge on any atom is -0.459 e. The van der Waals surface area contributed by atoms with Gasteiger partial charge in [-0.2, -0.15) is 5.10 Å². The maximum atomic E-state index is 13.8. The predicted molar refractivity (Wildman–Crippen MR) is 145 cm³/mol. The second-order valence-corrected chi connectivity index (χ2v) is 12.4. The first kappa shape index (κ1) is 27.2. The molecule has 8 nitrogen and oxygen atoms in total. The molecule has 0 saturated carbocycles. The van der Waals surface area contributed by atoms with Crippen molar-refractivity contribution in [3.05, 3.63) is 75.5 Å². The molecule has 0 amide bonds. The standard InChI is InChI=1S/C25H23Cl3N4O4S/c1-15-5-6-23(30-29-15)31-8-7-16-9-22(20(28)13-21(16)31)32(14-24(33)36-25(2,3)4)37(34,35)19-11-17(26)10-18(27)12-19/h5-13H,14H2,1-4H3. The minimum absolute atomic E-state index is 0.0869. The van der Waals surface area contributed by atoms with Crippen molar-refractivity contribution in [1.29, 1.82) is 0 Å². The second-order valence-electron chi connectivity index (χ2n) is 9.28. The lowest BCUT2D eigenvalue weighted by Crippen LogP contribution is -2.39. The van der Waals surface area contributed by atoms with E-state index in [-0.39, 0.29) is 25.7 Å². The van der Waals surface area contributed by atoms with Gasteiger partial charge in [-0.15, -0.1) is 5.10 Å². The number of anilines is 1. The number of rotatable bonds is 6. The molecule has 37 heavy (non-hydrogen) atoms. The number of ether oxygens (including phenoxy) is 1. The van der Waals surface area contributed by atoms with Crippen LogP contribution in [-0.4, -0.2) is 41.3 Å². The summed E-state index contributed by atoms with van der Waals surface area (Å²) in [7, 11) is -4.34. The fourth-order valence-corrected chi connectivity index (χ4v) is 6.11. The molecule has 12 heteroatoms. The van der Waals surface area contributed by atoms with Crippen molar-refractivity contribution in [2.45, 2.75) is 38.2 Å². The zero-order valence-corrected chi connectivity index (χ0v) is 23.5. The van der Waals surface area contributed by atoms with Crippen LogP contribution >= 0.6 is 34.8 Å². The number of hydrogen-bond acceptors (Lipinski definition) is 6. The van der Waals surface area contributed by atoms with Gasteiger partial charge in [-0.25, -0.2) is 8.42 Å². The Balaban J connectivity index is 1.85. The molecule has 0 saturated heterocycles. The summed E-state index contributed by atoms with van der Waals surface area (Å²) < 4.78 is 35.7. The van der Waals surface area contributed by atoms with Gasteiger partial charge in [-0.1, -0.05) is 34.8 Å². The van der Waals surface area contributed by atoms with Crippen LogP contribution < -0.4 is 4.31 Å². The van der Waals surface area contributed by atoms with Crippen LogP contribution in [0.1, 0.15) is 26.5 Å². The van der Waals surface area contributed by atoms with Gasteiger partial charge in [0.2, 0.25) is 0 Å². The lowest BCUT2D eigenvalue weighted by Gasteiger charge is -2.27. The Bertz CT molecular complexity index is 1580. The van der Waals surface area contributed by atoms with Crippen LogP contribution in [0, 0.1) is 6.92 Å². The van der Waals surface area contributed by atoms with Crippen molar-refractivity contribution in [1.82, 2.24) is 14.8 Å². The number of carbonyl (C=O) groups is 1. The molecule has 0 N–H and O–H groups in total. The van der Waals surface area contributed by atoms with E-state index in [1.54, 1.807) is 49.7 Å². The molecular formula is C25H23Cl3N4O4S. The van der Waals surface area contributed by atoms with Gasteiger partial charge in [-0.05, 0) is 76.2 Å². The highest BCUT2D eigenvalue weighted by molar-refractivity contribution is 7.92. The summed E-state index contributed by atoms with van der Waals surface area (Å²) in [6.45, 7) is 6.28. The van der Waals surface area contributed by atoms with Gasteiger partial charge in [0.1, 0.15) is 12.1 Å².